The number of benzene rings is 1. The van der Waals surface area contributed by atoms with Crippen molar-refractivity contribution in [2.45, 2.75) is 63.3 Å². The average Bonchev–Trinajstić information content (AvgIpc) is 3.45. The molecule has 1 aliphatic heterocycles. The fourth-order valence-corrected chi connectivity index (χ4v) is 5.93. The normalized spacial score (nSPS) is 27.9. The molecule has 0 bridgehead atoms. The molecule has 12 heteroatoms. The van der Waals surface area contributed by atoms with Crippen LogP contribution in [-0.2, 0) is 28.4 Å². The first-order valence-electron chi connectivity index (χ1n) is 12.9. The van der Waals surface area contributed by atoms with Gasteiger partial charge in [0.2, 0.25) is 0 Å². The van der Waals surface area contributed by atoms with E-state index in [1.54, 1.807) is 12.1 Å². The Bertz CT molecular complexity index is 1400. The number of hydrogen-bond donors (Lipinski definition) is 0. The lowest BCUT2D eigenvalue weighted by molar-refractivity contribution is -0.143. The van der Waals surface area contributed by atoms with Gasteiger partial charge >= 0.3 is 18.4 Å². The number of fused-ring (bicyclic) bond motifs is 1. The SMILES string of the molecule is COC12C=C(F)C(C(C)C)=C[C@@H]1C2c1cccnc1CN1C(=O)O[C@H](c2cc(C(F)(F)F)cc(C(F)(F)F)c2)[C@@H]1C. The number of halogens is 7. The zero-order valence-electron chi connectivity index (χ0n) is 22.5. The third kappa shape index (κ3) is 5.00. The fraction of sp³-hybridized carbons (Fsp3) is 0.448. The lowest BCUT2D eigenvalue weighted by Gasteiger charge is -2.23. The molecule has 2 fully saturated rings. The summed E-state index contributed by atoms with van der Waals surface area (Å²) in [6.07, 6.45) is -7.57. The molecule has 2 unspecified atom stereocenters. The molecule has 41 heavy (non-hydrogen) atoms. The molecule has 1 saturated carbocycles. The number of allylic oxidation sites excluding steroid dienone is 2. The van der Waals surface area contributed by atoms with Crippen LogP contribution in [0.2, 0.25) is 0 Å². The first-order chi connectivity index (χ1) is 19.1. The van der Waals surface area contributed by atoms with Crippen molar-refractivity contribution in [2.75, 3.05) is 7.11 Å². The summed E-state index contributed by atoms with van der Waals surface area (Å²) in [6, 6.07) is 3.71. The molecule has 5 rings (SSSR count). The first-order valence-corrected chi connectivity index (χ1v) is 12.9. The van der Waals surface area contributed by atoms with Crippen molar-refractivity contribution in [3.8, 4) is 0 Å². The van der Waals surface area contributed by atoms with Crippen molar-refractivity contribution in [3.63, 3.8) is 0 Å². The molecular weight excluding hydrogens is 557 g/mol. The predicted octanol–water partition coefficient (Wildman–Crippen LogP) is 7.75. The van der Waals surface area contributed by atoms with E-state index in [1.165, 1.54) is 31.2 Å². The fourth-order valence-electron chi connectivity index (χ4n) is 5.93. The maximum absolute atomic E-state index is 14.9. The molecule has 3 aliphatic rings. The molecule has 2 heterocycles. The largest absolute Gasteiger partial charge is 0.439 e. The Kier molecular flexibility index (Phi) is 6.99. The number of hydrogen-bond acceptors (Lipinski definition) is 4. The molecule has 5 nitrogen and oxygen atoms in total. The highest BCUT2D eigenvalue weighted by Crippen LogP contribution is 2.65. The van der Waals surface area contributed by atoms with Gasteiger partial charge in [-0.3, -0.25) is 9.88 Å². The van der Waals surface area contributed by atoms with Crippen LogP contribution < -0.4 is 0 Å². The van der Waals surface area contributed by atoms with E-state index in [-0.39, 0.29) is 36.2 Å². The van der Waals surface area contributed by atoms with Gasteiger partial charge in [-0.1, -0.05) is 26.0 Å². The first kappa shape index (κ1) is 29.1. The molecule has 0 spiro atoms. The maximum Gasteiger partial charge on any atom is 0.416 e. The molecule has 1 amide bonds. The van der Waals surface area contributed by atoms with Crippen LogP contribution in [0.15, 0.2) is 60.1 Å². The number of carbonyl (C=O) groups excluding carboxylic acids is 1. The second-order valence-electron chi connectivity index (χ2n) is 10.9. The Hall–Kier alpha value is -3.41. The van der Waals surface area contributed by atoms with Crippen molar-refractivity contribution >= 4 is 6.09 Å². The molecule has 1 aromatic carbocycles. The maximum atomic E-state index is 14.9. The summed E-state index contributed by atoms with van der Waals surface area (Å²) in [5, 5.41) is 0. The third-order valence-electron chi connectivity index (χ3n) is 8.13. The van der Waals surface area contributed by atoms with Crippen molar-refractivity contribution < 1.29 is 45.0 Å². The molecule has 1 aromatic heterocycles. The van der Waals surface area contributed by atoms with Crippen LogP contribution in [-0.4, -0.2) is 34.7 Å². The standard InChI is InChI=1S/C29H27F7N2O3/c1-14(2)20-11-21-24(27(21,40-4)12-22(20)30)19-6-5-7-37-23(19)13-38-15(3)25(41-26(38)39)16-8-17(28(31,32)33)10-18(9-16)29(34,35)36/h5-12,14-15,21,24-25H,13H2,1-4H3/t15-,21+,24?,25-,27?/m0/s1. The van der Waals surface area contributed by atoms with Gasteiger partial charge in [0.25, 0.3) is 0 Å². The van der Waals surface area contributed by atoms with Crippen molar-refractivity contribution in [1.29, 1.82) is 0 Å². The highest BCUT2D eigenvalue weighted by atomic mass is 19.4. The van der Waals surface area contributed by atoms with Gasteiger partial charge < -0.3 is 9.47 Å². The van der Waals surface area contributed by atoms with Crippen LogP contribution in [0.4, 0.5) is 35.5 Å². The number of nitrogens with zero attached hydrogens (tertiary/aromatic N) is 2. The van der Waals surface area contributed by atoms with Crippen LogP contribution in [0.3, 0.4) is 0 Å². The summed E-state index contributed by atoms with van der Waals surface area (Å²) in [4.78, 5) is 18.5. The monoisotopic (exact) mass is 584 g/mol. The molecule has 2 aliphatic carbocycles. The van der Waals surface area contributed by atoms with Gasteiger partial charge in [-0.05, 0) is 59.9 Å². The summed E-state index contributed by atoms with van der Waals surface area (Å²) in [7, 11) is 1.48. The zero-order chi connectivity index (χ0) is 30.1. The number of rotatable bonds is 6. The van der Waals surface area contributed by atoms with E-state index in [4.69, 9.17) is 9.47 Å². The molecule has 0 N–H and O–H groups in total. The third-order valence-corrected chi connectivity index (χ3v) is 8.13. The summed E-state index contributed by atoms with van der Waals surface area (Å²) in [6.45, 7) is 5.11. The van der Waals surface area contributed by atoms with E-state index in [2.05, 4.69) is 4.98 Å². The Morgan fingerprint density at radius 2 is 1.73 bits per heavy atom. The number of carbonyl (C=O) groups is 1. The van der Waals surface area contributed by atoms with Crippen LogP contribution in [0.1, 0.15) is 60.7 Å². The van der Waals surface area contributed by atoms with Gasteiger partial charge in [0.1, 0.15) is 17.5 Å². The molecule has 0 radical (unpaired) electrons. The van der Waals surface area contributed by atoms with Gasteiger partial charge in [0.05, 0.1) is 29.4 Å². The minimum Gasteiger partial charge on any atom is -0.439 e. The van der Waals surface area contributed by atoms with Crippen molar-refractivity contribution in [1.82, 2.24) is 9.88 Å². The Morgan fingerprint density at radius 3 is 2.29 bits per heavy atom. The number of cyclic esters (lactones) is 1. The quantitative estimate of drug-likeness (QED) is 0.326. The van der Waals surface area contributed by atoms with Crippen LogP contribution in [0.25, 0.3) is 0 Å². The van der Waals surface area contributed by atoms with E-state index in [0.29, 0.717) is 29.0 Å². The second kappa shape index (κ2) is 9.85. The summed E-state index contributed by atoms with van der Waals surface area (Å²) >= 11 is 0. The summed E-state index contributed by atoms with van der Waals surface area (Å²) in [5.41, 5.74) is -2.67. The number of amides is 1. The summed E-state index contributed by atoms with van der Waals surface area (Å²) < 4.78 is 107. The number of methoxy groups -OCH3 is 1. The number of ether oxygens (including phenoxy) is 2. The van der Waals surface area contributed by atoms with E-state index in [0.717, 1.165) is 0 Å². The van der Waals surface area contributed by atoms with E-state index >= 15 is 0 Å². The predicted molar refractivity (Wildman–Crippen MR) is 133 cm³/mol. The number of aromatic nitrogens is 1. The Morgan fingerprint density at radius 1 is 1.10 bits per heavy atom. The van der Waals surface area contributed by atoms with Gasteiger partial charge in [0, 0.05) is 25.1 Å². The Labute approximate surface area is 231 Å². The van der Waals surface area contributed by atoms with Gasteiger partial charge in [-0.2, -0.15) is 26.3 Å². The van der Waals surface area contributed by atoms with Crippen LogP contribution in [0, 0.1) is 11.8 Å². The minimum atomic E-state index is -5.04. The van der Waals surface area contributed by atoms with Crippen molar-refractivity contribution in [2.24, 2.45) is 11.8 Å². The second-order valence-corrected chi connectivity index (χ2v) is 10.9. The summed E-state index contributed by atoms with van der Waals surface area (Å²) in [5.74, 6) is -0.929. The average molecular weight is 585 g/mol. The van der Waals surface area contributed by atoms with Gasteiger partial charge in [0.15, 0.2) is 0 Å². The highest BCUT2D eigenvalue weighted by molar-refractivity contribution is 5.71. The van der Waals surface area contributed by atoms with Gasteiger partial charge in [-0.15, -0.1) is 0 Å². The lowest BCUT2D eigenvalue weighted by Crippen LogP contribution is -2.32. The molecular formula is C29H27F7N2O3. The molecule has 1 saturated heterocycles. The number of alkyl halides is 6. The Balaban J connectivity index is 1.45. The van der Waals surface area contributed by atoms with E-state index in [1.807, 2.05) is 19.9 Å². The van der Waals surface area contributed by atoms with Crippen LogP contribution >= 0.6 is 0 Å². The minimum absolute atomic E-state index is 0.0278. The number of pyridine rings is 1. The lowest BCUT2D eigenvalue weighted by atomic mass is 9.95. The molecule has 5 atom stereocenters. The van der Waals surface area contributed by atoms with Gasteiger partial charge in [-0.25, -0.2) is 9.18 Å². The van der Waals surface area contributed by atoms with E-state index in [9.17, 15) is 35.5 Å². The highest BCUT2D eigenvalue weighted by Gasteiger charge is 2.66. The zero-order valence-corrected chi connectivity index (χ0v) is 22.5. The topological polar surface area (TPSA) is 51.7 Å². The van der Waals surface area contributed by atoms with Crippen LogP contribution in [0.5, 0.6) is 0 Å². The molecule has 2 aromatic rings. The van der Waals surface area contributed by atoms with Crippen molar-refractivity contribution in [3.05, 3.63) is 88.0 Å². The van der Waals surface area contributed by atoms with E-state index < -0.39 is 52.9 Å². The smallest absolute Gasteiger partial charge is 0.416 e. The molecule has 220 valence electrons.